The van der Waals surface area contributed by atoms with Crippen LogP contribution in [0.1, 0.15) is 45.4 Å². The zero-order chi connectivity index (χ0) is 10.7. The molecule has 0 aromatic rings. The maximum atomic E-state index is 8.96. The summed E-state index contributed by atoms with van der Waals surface area (Å²) in [5.41, 5.74) is 0.734. The molecule has 1 saturated heterocycles. The van der Waals surface area contributed by atoms with Gasteiger partial charge in [-0.1, -0.05) is 26.2 Å². The summed E-state index contributed by atoms with van der Waals surface area (Å²) >= 11 is 0. The highest BCUT2D eigenvalue weighted by atomic mass is 16.3. The molecule has 0 aromatic heterocycles. The maximum absolute atomic E-state index is 8.96. The Balaban J connectivity index is 1.69. The SMILES string of the molecule is CCC(CCO)CN1CC2(CCCC2)C1. The Bertz CT molecular complexity index is 191. The van der Waals surface area contributed by atoms with Crippen LogP contribution < -0.4 is 0 Å². The van der Waals surface area contributed by atoms with E-state index < -0.39 is 0 Å². The van der Waals surface area contributed by atoms with Crippen LogP contribution in [0.15, 0.2) is 0 Å². The van der Waals surface area contributed by atoms with E-state index in [4.69, 9.17) is 5.11 Å². The summed E-state index contributed by atoms with van der Waals surface area (Å²) in [6.07, 6.45) is 8.06. The molecule has 2 rings (SSSR count). The lowest BCUT2D eigenvalue weighted by Crippen LogP contribution is -2.55. The Labute approximate surface area is 93.7 Å². The van der Waals surface area contributed by atoms with Gasteiger partial charge in [-0.05, 0) is 30.6 Å². The van der Waals surface area contributed by atoms with Gasteiger partial charge in [-0.3, -0.25) is 0 Å². The van der Waals surface area contributed by atoms with E-state index in [0.717, 1.165) is 11.8 Å². The van der Waals surface area contributed by atoms with Crippen LogP contribution in [0.5, 0.6) is 0 Å². The largest absolute Gasteiger partial charge is 0.396 e. The van der Waals surface area contributed by atoms with Gasteiger partial charge in [-0.25, -0.2) is 0 Å². The van der Waals surface area contributed by atoms with Crippen LogP contribution in [0.4, 0.5) is 0 Å². The third-order valence-electron chi connectivity index (χ3n) is 4.41. The summed E-state index contributed by atoms with van der Waals surface area (Å²) in [4.78, 5) is 2.61. The van der Waals surface area contributed by atoms with Gasteiger partial charge in [0.25, 0.3) is 0 Å². The lowest BCUT2D eigenvalue weighted by atomic mass is 9.77. The first-order valence-corrected chi connectivity index (χ1v) is 6.61. The molecule has 1 saturated carbocycles. The highest BCUT2D eigenvalue weighted by molar-refractivity contribution is 4.98. The van der Waals surface area contributed by atoms with E-state index in [-0.39, 0.29) is 0 Å². The molecule has 2 fully saturated rings. The van der Waals surface area contributed by atoms with E-state index >= 15 is 0 Å². The summed E-state index contributed by atoms with van der Waals surface area (Å²) in [6, 6.07) is 0. The number of nitrogens with zero attached hydrogens (tertiary/aromatic N) is 1. The molecule has 1 aliphatic heterocycles. The summed E-state index contributed by atoms with van der Waals surface area (Å²) in [5.74, 6) is 0.716. The van der Waals surface area contributed by atoms with Gasteiger partial charge in [0.15, 0.2) is 0 Å². The zero-order valence-electron chi connectivity index (χ0n) is 10.0. The van der Waals surface area contributed by atoms with Crippen molar-refractivity contribution in [3.05, 3.63) is 0 Å². The summed E-state index contributed by atoms with van der Waals surface area (Å²) < 4.78 is 0. The van der Waals surface area contributed by atoms with Crippen molar-refractivity contribution in [2.24, 2.45) is 11.3 Å². The quantitative estimate of drug-likeness (QED) is 0.754. The monoisotopic (exact) mass is 211 g/mol. The molecule has 1 N–H and O–H groups in total. The highest BCUT2D eigenvalue weighted by Gasteiger charge is 2.44. The third-order valence-corrected chi connectivity index (χ3v) is 4.41. The van der Waals surface area contributed by atoms with E-state index in [2.05, 4.69) is 11.8 Å². The van der Waals surface area contributed by atoms with Crippen LogP contribution in [0.3, 0.4) is 0 Å². The number of hydrogen-bond acceptors (Lipinski definition) is 2. The first-order valence-electron chi connectivity index (χ1n) is 6.61. The predicted octanol–water partition coefficient (Wildman–Crippen LogP) is 2.27. The average molecular weight is 211 g/mol. The van der Waals surface area contributed by atoms with Crippen LogP contribution >= 0.6 is 0 Å². The van der Waals surface area contributed by atoms with Crippen LogP contribution in [0.25, 0.3) is 0 Å². The van der Waals surface area contributed by atoms with Gasteiger partial charge in [0.05, 0.1) is 0 Å². The van der Waals surface area contributed by atoms with Crippen molar-refractivity contribution in [3.8, 4) is 0 Å². The van der Waals surface area contributed by atoms with Crippen LogP contribution in [0.2, 0.25) is 0 Å². The molecule has 0 amide bonds. The molecule has 2 nitrogen and oxygen atoms in total. The van der Waals surface area contributed by atoms with Crippen molar-refractivity contribution < 1.29 is 5.11 Å². The minimum Gasteiger partial charge on any atom is -0.396 e. The maximum Gasteiger partial charge on any atom is 0.0434 e. The summed E-state index contributed by atoms with van der Waals surface area (Å²) in [5, 5.41) is 8.96. The van der Waals surface area contributed by atoms with Gasteiger partial charge in [-0.15, -0.1) is 0 Å². The van der Waals surface area contributed by atoms with Crippen molar-refractivity contribution in [2.75, 3.05) is 26.2 Å². The van der Waals surface area contributed by atoms with E-state index in [1.54, 1.807) is 0 Å². The predicted molar refractivity (Wildman–Crippen MR) is 62.8 cm³/mol. The van der Waals surface area contributed by atoms with E-state index in [0.29, 0.717) is 12.5 Å². The second kappa shape index (κ2) is 4.84. The van der Waals surface area contributed by atoms with Crippen molar-refractivity contribution in [1.29, 1.82) is 0 Å². The number of likely N-dealkylation sites (tertiary alicyclic amines) is 1. The molecule has 2 aliphatic rings. The molecule has 1 unspecified atom stereocenters. The molecule has 0 aromatic carbocycles. The first-order chi connectivity index (χ1) is 7.28. The minimum atomic E-state index is 0.359. The molecule has 1 spiro atoms. The minimum absolute atomic E-state index is 0.359. The van der Waals surface area contributed by atoms with Gasteiger partial charge in [0.1, 0.15) is 0 Å². The smallest absolute Gasteiger partial charge is 0.0434 e. The normalized spacial score (nSPS) is 26.8. The number of aliphatic hydroxyl groups excluding tert-OH is 1. The van der Waals surface area contributed by atoms with E-state index in [9.17, 15) is 0 Å². The summed E-state index contributed by atoms with van der Waals surface area (Å²) in [6.45, 7) is 6.51. The molecule has 88 valence electrons. The zero-order valence-corrected chi connectivity index (χ0v) is 10.0. The Hall–Kier alpha value is -0.0800. The molecular weight excluding hydrogens is 186 g/mol. The standard InChI is InChI=1S/C13H25NO/c1-2-12(5-8-15)9-14-10-13(11-14)6-3-4-7-13/h12,15H,2-11H2,1H3. The fraction of sp³-hybridized carbons (Fsp3) is 1.00. The lowest BCUT2D eigenvalue weighted by Gasteiger charge is -2.49. The lowest BCUT2D eigenvalue weighted by molar-refractivity contribution is -0.00752. The molecule has 2 heteroatoms. The van der Waals surface area contributed by atoms with Gasteiger partial charge in [-0.2, -0.15) is 0 Å². The van der Waals surface area contributed by atoms with Crippen molar-refractivity contribution in [3.63, 3.8) is 0 Å². The van der Waals surface area contributed by atoms with Gasteiger partial charge >= 0.3 is 0 Å². The van der Waals surface area contributed by atoms with E-state index in [1.165, 1.54) is 51.7 Å². The van der Waals surface area contributed by atoms with Gasteiger partial charge < -0.3 is 10.0 Å². The van der Waals surface area contributed by atoms with Crippen LogP contribution in [-0.2, 0) is 0 Å². The molecular formula is C13H25NO. The average Bonchev–Trinajstić information content (AvgIpc) is 2.65. The van der Waals surface area contributed by atoms with Crippen molar-refractivity contribution >= 4 is 0 Å². The number of aliphatic hydroxyl groups is 1. The highest BCUT2D eigenvalue weighted by Crippen LogP contribution is 2.45. The molecule has 0 bridgehead atoms. The first kappa shape index (κ1) is 11.4. The summed E-state index contributed by atoms with van der Waals surface area (Å²) in [7, 11) is 0. The van der Waals surface area contributed by atoms with Gasteiger partial charge in [0, 0.05) is 26.2 Å². The molecule has 1 aliphatic carbocycles. The molecule has 1 atom stereocenters. The van der Waals surface area contributed by atoms with E-state index in [1.807, 2.05) is 0 Å². The second-order valence-electron chi connectivity index (χ2n) is 5.66. The number of rotatable bonds is 5. The fourth-order valence-corrected chi connectivity index (χ4v) is 3.44. The molecule has 0 radical (unpaired) electrons. The Morgan fingerprint density at radius 1 is 1.27 bits per heavy atom. The van der Waals surface area contributed by atoms with Gasteiger partial charge in [0.2, 0.25) is 0 Å². The number of hydrogen-bond donors (Lipinski definition) is 1. The molecule has 1 heterocycles. The Kier molecular flexibility index (Phi) is 3.68. The van der Waals surface area contributed by atoms with Crippen molar-refractivity contribution in [1.82, 2.24) is 4.90 Å². The topological polar surface area (TPSA) is 23.5 Å². The fourth-order valence-electron chi connectivity index (χ4n) is 3.44. The van der Waals surface area contributed by atoms with Crippen LogP contribution in [0, 0.1) is 11.3 Å². The second-order valence-corrected chi connectivity index (χ2v) is 5.66. The third kappa shape index (κ3) is 2.54. The Morgan fingerprint density at radius 3 is 2.47 bits per heavy atom. The van der Waals surface area contributed by atoms with Crippen molar-refractivity contribution in [2.45, 2.75) is 45.4 Å². The molecule has 15 heavy (non-hydrogen) atoms. The van der Waals surface area contributed by atoms with Crippen LogP contribution in [-0.4, -0.2) is 36.2 Å². The Morgan fingerprint density at radius 2 is 1.93 bits per heavy atom.